The van der Waals surface area contributed by atoms with E-state index >= 15 is 0 Å². The highest BCUT2D eigenvalue weighted by Crippen LogP contribution is 2.32. The Kier molecular flexibility index (Phi) is 12.0. The van der Waals surface area contributed by atoms with Crippen molar-refractivity contribution < 1.29 is 19.2 Å². The molecule has 2 atom stereocenters. The van der Waals surface area contributed by atoms with Crippen LogP contribution >= 0.6 is 0 Å². The molecule has 0 spiro atoms. The number of hydrogen-bond acceptors (Lipinski definition) is 5. The minimum atomic E-state index is -0.397. The predicted octanol–water partition coefficient (Wildman–Crippen LogP) is 3.05. The molecule has 7 nitrogen and oxygen atoms in total. The Morgan fingerprint density at radius 3 is 2.23 bits per heavy atom. The summed E-state index contributed by atoms with van der Waals surface area (Å²) in [5, 5.41) is 2.99. The lowest BCUT2D eigenvalue weighted by atomic mass is 9.81. The third-order valence-electron chi connectivity index (χ3n) is 6.51. The number of carbonyl (C=O) groups is 4. The minimum Gasteiger partial charge on any atom is -0.356 e. The molecule has 2 aliphatic rings. The first-order chi connectivity index (χ1) is 14.7. The number of unbranched alkanes of at least 4 members (excludes halogenated alkanes) is 1. The molecule has 2 rings (SSSR count). The van der Waals surface area contributed by atoms with Crippen molar-refractivity contribution in [3.8, 4) is 0 Å². The second-order valence-corrected chi connectivity index (χ2v) is 9.12. The highest BCUT2D eigenvalue weighted by atomic mass is 16.2. The van der Waals surface area contributed by atoms with Crippen LogP contribution < -0.4 is 11.1 Å². The molecule has 0 aromatic heterocycles. The highest BCUT2D eigenvalue weighted by molar-refractivity contribution is 6.03. The van der Waals surface area contributed by atoms with Gasteiger partial charge in [0.25, 0.3) is 0 Å². The molecular weight excluding hydrogens is 394 g/mol. The van der Waals surface area contributed by atoms with E-state index in [1.807, 2.05) is 27.7 Å². The Labute approximate surface area is 187 Å². The number of Topliss-reactive ketones (excluding diaryl/α,β-unsaturated/α-hetero) is 1. The van der Waals surface area contributed by atoms with Gasteiger partial charge in [-0.25, -0.2) is 0 Å². The van der Waals surface area contributed by atoms with Crippen molar-refractivity contribution >= 4 is 23.5 Å². The predicted molar refractivity (Wildman–Crippen MR) is 122 cm³/mol. The van der Waals surface area contributed by atoms with Gasteiger partial charge in [-0.3, -0.25) is 24.1 Å². The van der Waals surface area contributed by atoms with Gasteiger partial charge in [-0.05, 0) is 63.7 Å². The quantitative estimate of drug-likeness (QED) is 0.403. The van der Waals surface area contributed by atoms with Crippen LogP contribution in [0.3, 0.4) is 0 Å². The van der Waals surface area contributed by atoms with Gasteiger partial charge in [-0.15, -0.1) is 0 Å². The van der Waals surface area contributed by atoms with Crippen molar-refractivity contribution in [1.82, 2.24) is 10.2 Å². The molecule has 1 aliphatic heterocycles. The number of carbonyl (C=O) groups excluding carboxylic acids is 4. The molecular formula is C24H43N3O4. The second kappa shape index (κ2) is 13.6. The van der Waals surface area contributed by atoms with Gasteiger partial charge in [0.2, 0.25) is 17.7 Å². The van der Waals surface area contributed by atoms with Gasteiger partial charge in [-0.2, -0.15) is 0 Å². The molecule has 2 unspecified atom stereocenters. The summed E-state index contributed by atoms with van der Waals surface area (Å²) in [4.78, 5) is 49.6. The zero-order valence-corrected chi connectivity index (χ0v) is 20.1. The monoisotopic (exact) mass is 437 g/mol. The molecule has 1 saturated heterocycles. The van der Waals surface area contributed by atoms with Crippen molar-refractivity contribution in [2.24, 2.45) is 29.4 Å². The summed E-state index contributed by atoms with van der Waals surface area (Å²) < 4.78 is 0. The van der Waals surface area contributed by atoms with E-state index in [1.165, 1.54) is 11.8 Å². The van der Waals surface area contributed by atoms with Crippen molar-refractivity contribution in [3.63, 3.8) is 0 Å². The SMILES string of the molecule is CC.CC(=O)C(N)CCCCNC(=O)C1CCC(CN2C(=O)CC(C(C)C)C2=O)CC1. The first-order valence-corrected chi connectivity index (χ1v) is 12.1. The highest BCUT2D eigenvalue weighted by Gasteiger charge is 2.41. The molecule has 178 valence electrons. The number of hydrogen-bond donors (Lipinski definition) is 2. The number of nitrogens with one attached hydrogen (secondary N) is 1. The molecule has 3 amide bonds. The van der Waals surface area contributed by atoms with E-state index in [9.17, 15) is 19.2 Å². The lowest BCUT2D eigenvalue weighted by molar-refractivity contribution is -0.141. The summed E-state index contributed by atoms with van der Waals surface area (Å²) in [5.41, 5.74) is 5.70. The second-order valence-electron chi connectivity index (χ2n) is 9.12. The molecule has 0 bridgehead atoms. The lowest BCUT2D eigenvalue weighted by Gasteiger charge is -2.30. The molecule has 1 aliphatic carbocycles. The van der Waals surface area contributed by atoms with Crippen LogP contribution in [-0.2, 0) is 19.2 Å². The van der Waals surface area contributed by atoms with Crippen molar-refractivity contribution in [1.29, 1.82) is 0 Å². The van der Waals surface area contributed by atoms with Crippen LogP contribution in [-0.4, -0.2) is 47.5 Å². The summed E-state index contributed by atoms with van der Waals surface area (Å²) in [6.45, 7) is 10.6. The molecule has 0 aromatic carbocycles. The average molecular weight is 438 g/mol. The Balaban J connectivity index is 0.00000233. The van der Waals surface area contributed by atoms with Gasteiger partial charge in [0.05, 0.1) is 6.04 Å². The van der Waals surface area contributed by atoms with Gasteiger partial charge in [0.15, 0.2) is 0 Å². The average Bonchev–Trinajstić information content (AvgIpc) is 3.03. The Morgan fingerprint density at radius 2 is 1.71 bits per heavy atom. The minimum absolute atomic E-state index is 0.00264. The summed E-state index contributed by atoms with van der Waals surface area (Å²) in [7, 11) is 0. The Morgan fingerprint density at radius 1 is 1.10 bits per heavy atom. The maximum atomic E-state index is 12.5. The maximum Gasteiger partial charge on any atom is 0.233 e. The zero-order chi connectivity index (χ0) is 23.6. The first-order valence-electron chi connectivity index (χ1n) is 12.1. The number of imide groups is 1. The van der Waals surface area contributed by atoms with Gasteiger partial charge < -0.3 is 11.1 Å². The number of amides is 3. The molecule has 1 saturated carbocycles. The number of likely N-dealkylation sites (tertiary alicyclic amines) is 1. The normalized spacial score (nSPS) is 24.6. The van der Waals surface area contributed by atoms with Crippen molar-refractivity contribution in [3.05, 3.63) is 0 Å². The summed E-state index contributed by atoms with van der Waals surface area (Å²) >= 11 is 0. The first kappa shape index (κ1) is 27.3. The van der Waals surface area contributed by atoms with Gasteiger partial charge in [0, 0.05) is 31.3 Å². The lowest BCUT2D eigenvalue weighted by Crippen LogP contribution is -2.39. The van der Waals surface area contributed by atoms with Crippen molar-refractivity contribution in [2.45, 2.75) is 92.0 Å². The van der Waals surface area contributed by atoms with Crippen molar-refractivity contribution in [2.75, 3.05) is 13.1 Å². The number of nitrogens with zero attached hydrogens (tertiary/aromatic N) is 1. The summed E-state index contributed by atoms with van der Waals surface area (Å²) in [6.07, 6.45) is 5.98. The zero-order valence-electron chi connectivity index (χ0n) is 20.1. The number of nitrogens with two attached hydrogens (primary N) is 1. The topological polar surface area (TPSA) is 110 Å². The molecule has 1 heterocycles. The number of ketones is 1. The van der Waals surface area contributed by atoms with Crippen LogP contribution in [0.5, 0.6) is 0 Å². The van der Waals surface area contributed by atoms with Crippen LogP contribution in [0, 0.1) is 23.7 Å². The van der Waals surface area contributed by atoms with E-state index in [1.54, 1.807) is 0 Å². The Hall–Kier alpha value is -1.76. The van der Waals surface area contributed by atoms with Crippen LogP contribution in [0.2, 0.25) is 0 Å². The third kappa shape index (κ3) is 8.36. The molecule has 7 heteroatoms. The molecule has 3 N–H and O–H groups in total. The van der Waals surface area contributed by atoms with E-state index < -0.39 is 6.04 Å². The fourth-order valence-corrected chi connectivity index (χ4v) is 4.34. The third-order valence-corrected chi connectivity index (χ3v) is 6.51. The van der Waals surface area contributed by atoms with Gasteiger partial charge in [-0.1, -0.05) is 27.7 Å². The van der Waals surface area contributed by atoms with Crippen LogP contribution in [0.1, 0.15) is 86.0 Å². The van der Waals surface area contributed by atoms with Crippen LogP contribution in [0.4, 0.5) is 0 Å². The standard InChI is InChI=1S/C22H37N3O4.C2H6/c1-14(2)18-12-20(27)25(22(18)29)13-16-7-9-17(10-8-16)21(28)24-11-5-4-6-19(23)15(3)26;1-2/h14,16-19H,4-13,23H2,1-3H3,(H,24,28);1-2H3. The molecule has 2 fully saturated rings. The smallest absolute Gasteiger partial charge is 0.233 e. The fourth-order valence-electron chi connectivity index (χ4n) is 4.34. The van der Waals surface area contributed by atoms with Crippen LogP contribution in [0.25, 0.3) is 0 Å². The Bertz CT molecular complexity index is 612. The van der Waals surface area contributed by atoms with Gasteiger partial charge >= 0.3 is 0 Å². The van der Waals surface area contributed by atoms with E-state index in [0.29, 0.717) is 31.8 Å². The fraction of sp³-hybridized carbons (Fsp3) is 0.833. The van der Waals surface area contributed by atoms with Crippen LogP contribution in [0.15, 0.2) is 0 Å². The van der Waals surface area contributed by atoms with E-state index in [4.69, 9.17) is 5.73 Å². The number of rotatable bonds is 10. The maximum absolute atomic E-state index is 12.5. The van der Waals surface area contributed by atoms with E-state index in [2.05, 4.69) is 5.32 Å². The molecule has 31 heavy (non-hydrogen) atoms. The summed E-state index contributed by atoms with van der Waals surface area (Å²) in [6, 6.07) is -0.397. The summed E-state index contributed by atoms with van der Waals surface area (Å²) in [5.74, 6) is 0.358. The van der Waals surface area contributed by atoms with E-state index in [0.717, 1.165) is 38.5 Å². The van der Waals surface area contributed by atoms with Gasteiger partial charge in [0.1, 0.15) is 5.78 Å². The molecule has 0 radical (unpaired) electrons. The largest absolute Gasteiger partial charge is 0.356 e. The molecule has 0 aromatic rings. The van der Waals surface area contributed by atoms with E-state index in [-0.39, 0.29) is 41.3 Å².